The molecule has 2 aliphatic heterocycles. The van der Waals surface area contributed by atoms with Crippen LogP contribution in [-0.2, 0) is 9.53 Å². The highest BCUT2D eigenvalue weighted by Gasteiger charge is 2.30. The van der Waals surface area contributed by atoms with Gasteiger partial charge >= 0.3 is 0 Å². The van der Waals surface area contributed by atoms with Crippen molar-refractivity contribution in [3.8, 4) is 6.07 Å². The fourth-order valence-corrected chi connectivity index (χ4v) is 5.17. The van der Waals surface area contributed by atoms with E-state index in [0.717, 1.165) is 28.9 Å². The average molecular weight is 498 g/mol. The van der Waals surface area contributed by atoms with Crippen molar-refractivity contribution in [3.05, 3.63) is 77.4 Å². The molecule has 1 saturated heterocycles. The van der Waals surface area contributed by atoms with Gasteiger partial charge in [-0.1, -0.05) is 42.5 Å². The number of benzene rings is 2. The van der Waals surface area contributed by atoms with Gasteiger partial charge in [-0.3, -0.25) is 14.6 Å². The minimum Gasteiger partial charge on any atom is -0.381 e. The zero-order valence-electron chi connectivity index (χ0n) is 20.8. The number of nitrogens with one attached hydrogen (secondary N) is 3. The van der Waals surface area contributed by atoms with Crippen molar-refractivity contribution in [2.45, 2.75) is 37.9 Å². The highest BCUT2D eigenvalue weighted by Crippen LogP contribution is 2.34. The third-order valence-corrected chi connectivity index (χ3v) is 7.15. The highest BCUT2D eigenvalue weighted by atomic mass is 16.5. The molecule has 2 heterocycles. The van der Waals surface area contributed by atoms with E-state index in [1.165, 1.54) is 0 Å². The van der Waals surface area contributed by atoms with Gasteiger partial charge in [-0.15, -0.1) is 0 Å². The molecule has 37 heavy (non-hydrogen) atoms. The predicted octanol–water partition coefficient (Wildman–Crippen LogP) is 3.38. The number of ether oxygens (including phenoxy) is 1. The standard InChI is InChI=1S/C29H31N5O3/c1-18(32-25-11-10-21(14-20(25)15-30)33-28(35)19-12-13-37-17-19)16-31-27-22-6-2-3-7-23(22)29(36)34-26-9-5-4-8-24(26)27/h2-11,18-21,27,31H,12-14,16-17H2,1H3,(H,33,35)(H,34,36). The van der Waals surface area contributed by atoms with Crippen LogP contribution in [0.4, 0.5) is 5.69 Å². The van der Waals surface area contributed by atoms with E-state index in [1.807, 2.05) is 67.6 Å². The molecule has 0 bridgehead atoms. The molecule has 1 aliphatic carbocycles. The molecular weight excluding hydrogens is 466 g/mol. The molecule has 0 saturated carbocycles. The van der Waals surface area contributed by atoms with Crippen molar-refractivity contribution in [1.29, 1.82) is 5.26 Å². The third kappa shape index (κ3) is 5.48. The number of rotatable bonds is 6. The molecule has 190 valence electrons. The second-order valence-corrected chi connectivity index (χ2v) is 9.82. The predicted molar refractivity (Wildman–Crippen MR) is 141 cm³/mol. The number of aliphatic imine (C=N–C) groups is 1. The third-order valence-electron chi connectivity index (χ3n) is 7.15. The summed E-state index contributed by atoms with van der Waals surface area (Å²) in [4.78, 5) is 30.1. The minimum absolute atomic E-state index is 0.0151. The van der Waals surface area contributed by atoms with E-state index in [-0.39, 0.29) is 35.9 Å². The Morgan fingerprint density at radius 1 is 1.22 bits per heavy atom. The number of carbonyl (C=O) groups excluding carboxylic acids is 2. The smallest absolute Gasteiger partial charge is 0.256 e. The number of para-hydroxylation sites is 1. The van der Waals surface area contributed by atoms with Crippen LogP contribution in [0.2, 0.25) is 0 Å². The summed E-state index contributed by atoms with van der Waals surface area (Å²) in [7, 11) is 0. The van der Waals surface area contributed by atoms with Crippen LogP contribution in [-0.4, -0.2) is 49.4 Å². The van der Waals surface area contributed by atoms with E-state index < -0.39 is 5.92 Å². The lowest BCUT2D eigenvalue weighted by Crippen LogP contribution is -2.41. The summed E-state index contributed by atoms with van der Waals surface area (Å²) in [6.07, 6.45) is 5.03. The van der Waals surface area contributed by atoms with Crippen molar-refractivity contribution in [3.63, 3.8) is 0 Å². The molecule has 2 aromatic rings. The quantitative estimate of drug-likeness (QED) is 0.566. The molecule has 8 heteroatoms. The van der Waals surface area contributed by atoms with Gasteiger partial charge in [-0.2, -0.15) is 5.26 Å². The summed E-state index contributed by atoms with van der Waals surface area (Å²) in [5.74, 6) is -0.635. The first-order valence-corrected chi connectivity index (χ1v) is 12.8. The first-order valence-electron chi connectivity index (χ1n) is 12.8. The molecule has 5 rings (SSSR count). The molecule has 0 spiro atoms. The molecule has 3 aliphatic rings. The number of anilines is 1. The Morgan fingerprint density at radius 2 is 2.00 bits per heavy atom. The second-order valence-electron chi connectivity index (χ2n) is 9.82. The molecule has 0 radical (unpaired) electrons. The van der Waals surface area contributed by atoms with E-state index in [4.69, 9.17) is 9.73 Å². The molecule has 5 unspecified atom stereocenters. The molecule has 1 fully saturated rings. The van der Waals surface area contributed by atoms with Crippen molar-refractivity contribution >= 4 is 23.2 Å². The van der Waals surface area contributed by atoms with E-state index in [2.05, 4.69) is 22.0 Å². The summed E-state index contributed by atoms with van der Waals surface area (Å²) < 4.78 is 5.31. The molecule has 2 amide bonds. The first-order chi connectivity index (χ1) is 18.0. The summed E-state index contributed by atoms with van der Waals surface area (Å²) in [6, 6.07) is 17.3. The van der Waals surface area contributed by atoms with Crippen LogP contribution in [0.1, 0.15) is 47.3 Å². The lowest BCUT2D eigenvalue weighted by atomic mass is 9.89. The molecular formula is C29H31N5O3. The van der Waals surface area contributed by atoms with Crippen molar-refractivity contribution in [1.82, 2.24) is 10.6 Å². The Labute approximate surface area is 216 Å². The number of nitriles is 1. The fraction of sp³-hybridized carbons (Fsp3) is 0.379. The Bertz CT molecular complexity index is 1270. The van der Waals surface area contributed by atoms with Gasteiger partial charge in [0.1, 0.15) is 0 Å². The second kappa shape index (κ2) is 11.1. The molecule has 2 aromatic carbocycles. The number of fused-ring (bicyclic) bond motifs is 2. The van der Waals surface area contributed by atoms with Gasteiger partial charge in [0, 0.05) is 30.4 Å². The van der Waals surface area contributed by atoms with Crippen molar-refractivity contribution in [2.75, 3.05) is 25.1 Å². The summed E-state index contributed by atoms with van der Waals surface area (Å²) in [5.41, 5.74) is 4.08. The van der Waals surface area contributed by atoms with Gasteiger partial charge in [0.25, 0.3) is 5.91 Å². The number of carbonyl (C=O) groups is 2. The number of nitrogens with zero attached hydrogens (tertiary/aromatic N) is 2. The van der Waals surface area contributed by atoms with Gasteiger partial charge in [-0.25, -0.2) is 0 Å². The van der Waals surface area contributed by atoms with Crippen LogP contribution in [0.25, 0.3) is 0 Å². The number of hydrogen-bond donors (Lipinski definition) is 3. The lowest BCUT2D eigenvalue weighted by molar-refractivity contribution is -0.125. The maximum Gasteiger partial charge on any atom is 0.256 e. The Morgan fingerprint density at radius 3 is 2.78 bits per heavy atom. The molecule has 5 atom stereocenters. The van der Waals surface area contributed by atoms with Gasteiger partial charge in [-0.05, 0) is 49.1 Å². The van der Waals surface area contributed by atoms with Crippen LogP contribution in [0.15, 0.2) is 65.7 Å². The summed E-state index contributed by atoms with van der Waals surface area (Å²) in [5, 5.41) is 19.5. The highest BCUT2D eigenvalue weighted by molar-refractivity contribution is 6.07. The summed E-state index contributed by atoms with van der Waals surface area (Å²) >= 11 is 0. The zero-order chi connectivity index (χ0) is 25.8. The molecule has 0 aromatic heterocycles. The Kier molecular flexibility index (Phi) is 7.45. The maximum absolute atomic E-state index is 12.8. The van der Waals surface area contributed by atoms with Crippen LogP contribution in [0, 0.1) is 23.2 Å². The van der Waals surface area contributed by atoms with Gasteiger partial charge in [0.15, 0.2) is 0 Å². The topological polar surface area (TPSA) is 116 Å². The Hall–Kier alpha value is -3.80. The minimum atomic E-state index is -0.390. The first kappa shape index (κ1) is 24.9. The maximum atomic E-state index is 12.8. The number of hydrogen-bond acceptors (Lipinski definition) is 6. The van der Waals surface area contributed by atoms with Crippen LogP contribution >= 0.6 is 0 Å². The van der Waals surface area contributed by atoms with Gasteiger partial charge < -0.3 is 20.7 Å². The monoisotopic (exact) mass is 497 g/mol. The van der Waals surface area contributed by atoms with Crippen LogP contribution in [0.3, 0.4) is 0 Å². The zero-order valence-corrected chi connectivity index (χ0v) is 20.8. The average Bonchev–Trinajstić information content (AvgIpc) is 3.42. The van der Waals surface area contributed by atoms with Crippen LogP contribution < -0.4 is 16.0 Å². The SMILES string of the molecule is CC(CNC1c2ccccc2NC(=O)c2ccccc21)N=C1C=CC(NC(=O)C2CCOC2)CC1C#N. The van der Waals surface area contributed by atoms with Crippen LogP contribution in [0.5, 0.6) is 0 Å². The molecule has 3 N–H and O–H groups in total. The molecule has 8 nitrogen and oxygen atoms in total. The van der Waals surface area contributed by atoms with Gasteiger partial charge in [0.05, 0.1) is 42.3 Å². The van der Waals surface area contributed by atoms with E-state index in [1.54, 1.807) is 0 Å². The number of allylic oxidation sites excluding steroid dienone is 1. The fourth-order valence-electron chi connectivity index (χ4n) is 5.17. The largest absolute Gasteiger partial charge is 0.381 e. The Balaban J connectivity index is 1.29. The van der Waals surface area contributed by atoms with Crippen molar-refractivity contribution in [2.24, 2.45) is 16.8 Å². The van der Waals surface area contributed by atoms with Crippen molar-refractivity contribution < 1.29 is 14.3 Å². The number of amides is 2. The van der Waals surface area contributed by atoms with E-state index in [0.29, 0.717) is 31.7 Å². The lowest BCUT2D eigenvalue weighted by Gasteiger charge is -2.25. The normalized spacial score (nSPS) is 26.4. The van der Waals surface area contributed by atoms with Gasteiger partial charge in [0.2, 0.25) is 5.91 Å². The summed E-state index contributed by atoms with van der Waals surface area (Å²) in [6.45, 7) is 3.64. The van der Waals surface area contributed by atoms with E-state index >= 15 is 0 Å². The van der Waals surface area contributed by atoms with E-state index in [9.17, 15) is 14.9 Å².